The van der Waals surface area contributed by atoms with E-state index in [1.165, 1.54) is 0 Å². The third-order valence-electron chi connectivity index (χ3n) is 15.8. The van der Waals surface area contributed by atoms with Gasteiger partial charge < -0.3 is 87.2 Å². The quantitative estimate of drug-likeness (QED) is 0.0382. The molecule has 6 unspecified atom stereocenters. The highest BCUT2D eigenvalue weighted by Gasteiger charge is 2.59. The summed E-state index contributed by atoms with van der Waals surface area (Å²) in [4.78, 5) is 149. The SMILES string of the molecule is Nc1nc(N)c2ncn([C@@H]3O[C@@H]4COP(=O)(O)O[C@H]5[C@@H](OP(=O)(O)OCCOP(=O)(O)O[C@@H]6[C@@H]7OP(=O)(O)OC[C@H]8O[C@@H](n9cnc%10c(=O)[nH]c(N)nc%109)[C@H](O)[C@@H]8OP(=O)(O)OC[C@H]7O[C@H]6n6cnc7c(=O)[nH]c(N)nc76)[C@H](n6cnc7c(=O)[nH]c(N)nc76)O[C@@H]5COP(=O)(O)O[C@H]4[C@H]3O)c2n1. The lowest BCUT2D eigenvalue weighted by Gasteiger charge is -2.29. The van der Waals surface area contributed by atoms with Crippen molar-refractivity contribution in [3.8, 4) is 0 Å². The van der Waals surface area contributed by atoms with E-state index < -0.39 is 242 Å². The number of nitrogens with one attached hydrogen (secondary N) is 3. The van der Waals surface area contributed by atoms with E-state index in [4.69, 9.17) is 102 Å². The largest absolute Gasteiger partial charge is 0.472 e. The van der Waals surface area contributed by atoms with Gasteiger partial charge in [0.2, 0.25) is 23.8 Å². The zero-order valence-corrected chi connectivity index (χ0v) is 55.8. The summed E-state index contributed by atoms with van der Waals surface area (Å²) in [6, 6.07) is 0. The summed E-state index contributed by atoms with van der Waals surface area (Å²) in [6.07, 6.45) is -28.6. The van der Waals surface area contributed by atoms with Crippen LogP contribution in [0.1, 0.15) is 24.9 Å². The number of anilines is 5. The molecule has 102 heavy (non-hydrogen) atoms. The second-order valence-corrected chi connectivity index (χ2v) is 30.9. The van der Waals surface area contributed by atoms with Crippen molar-refractivity contribution < 1.29 is 140 Å². The van der Waals surface area contributed by atoms with Gasteiger partial charge in [0.1, 0.15) is 78.8 Å². The van der Waals surface area contributed by atoms with Gasteiger partial charge in [-0.2, -0.15) is 24.9 Å². The number of nitrogens with two attached hydrogens (primary N) is 5. The number of phosphoric acid groups is 6. The smallest absolute Gasteiger partial charge is 0.386 e. The molecule has 8 aromatic heterocycles. The minimum atomic E-state index is -5.87. The minimum Gasteiger partial charge on any atom is -0.386 e. The van der Waals surface area contributed by atoms with E-state index in [-0.39, 0.29) is 34.1 Å². The van der Waals surface area contributed by atoms with Crippen LogP contribution in [0.15, 0.2) is 39.7 Å². The van der Waals surface area contributed by atoms with Gasteiger partial charge >= 0.3 is 46.9 Å². The molecule has 54 nitrogen and oxygen atoms in total. The van der Waals surface area contributed by atoms with Crippen LogP contribution in [0.5, 0.6) is 0 Å². The predicted molar refractivity (Wildman–Crippen MR) is 323 cm³/mol. The number of fused-ring (bicyclic) bond motifs is 8. The molecular weight excluding hydrogens is 1510 g/mol. The molecule has 0 radical (unpaired) electrons. The number of nitrogens with zero attached hydrogens (tertiary/aromatic N) is 13. The van der Waals surface area contributed by atoms with E-state index in [2.05, 4.69) is 59.8 Å². The number of aliphatic hydroxyl groups is 2. The number of hydrogen-bond donors (Lipinski definition) is 16. The average molecular weight is 1570 g/mol. The summed E-state index contributed by atoms with van der Waals surface area (Å²) in [7, 11) is -34.1. The second-order valence-electron chi connectivity index (χ2n) is 22.4. The zero-order valence-electron chi connectivity index (χ0n) is 50.5. The summed E-state index contributed by atoms with van der Waals surface area (Å²) >= 11 is 0. The molecule has 14 heterocycles. The number of aromatic amines is 3. The van der Waals surface area contributed by atoms with Gasteiger partial charge in [-0.05, 0) is 0 Å². The molecule has 6 fully saturated rings. The zero-order chi connectivity index (χ0) is 72.7. The topological polar surface area (TPSA) is 776 Å². The van der Waals surface area contributed by atoms with Crippen LogP contribution >= 0.6 is 46.9 Å². The lowest BCUT2D eigenvalue weighted by molar-refractivity contribution is -0.0665. The van der Waals surface area contributed by atoms with E-state index >= 15 is 0 Å². The molecule has 0 amide bonds. The highest BCUT2D eigenvalue weighted by atomic mass is 31.2. The van der Waals surface area contributed by atoms with Crippen molar-refractivity contribution in [2.45, 2.75) is 98.2 Å². The Morgan fingerprint density at radius 3 is 1.11 bits per heavy atom. The molecule has 8 aromatic rings. The van der Waals surface area contributed by atoms with Crippen LogP contribution in [-0.2, 0) is 101 Å². The number of ether oxygens (including phenoxy) is 4. The first kappa shape index (κ1) is 72.0. The van der Waals surface area contributed by atoms with Crippen LogP contribution in [-0.4, -0.2) is 231 Å². The molecule has 0 spiro atoms. The number of aromatic nitrogens is 16. The van der Waals surface area contributed by atoms with Crippen molar-refractivity contribution >= 4 is 121 Å². The number of hydrogen-bond acceptors (Lipinski definition) is 41. The Hall–Kier alpha value is -6.98. The molecular formula is C42H53N21O33P6. The molecule has 21 N–H and O–H groups in total. The van der Waals surface area contributed by atoms with Gasteiger partial charge in [0, 0.05) is 0 Å². The van der Waals surface area contributed by atoms with E-state index in [0.717, 1.165) is 43.6 Å². The van der Waals surface area contributed by atoms with E-state index in [1.807, 2.05) is 0 Å². The molecule has 0 aromatic carbocycles. The molecule has 0 aliphatic carbocycles. The van der Waals surface area contributed by atoms with Crippen molar-refractivity contribution in [3.05, 3.63) is 56.4 Å². The number of rotatable bonds is 13. The highest BCUT2D eigenvalue weighted by molar-refractivity contribution is 7.48. The van der Waals surface area contributed by atoms with Gasteiger partial charge in [0.05, 0.1) is 65.0 Å². The van der Waals surface area contributed by atoms with Crippen molar-refractivity contribution in [2.75, 3.05) is 68.3 Å². The maximum absolute atomic E-state index is 14.2. The Labute approximate surface area is 560 Å². The Kier molecular flexibility index (Phi) is 18.7. The maximum Gasteiger partial charge on any atom is 0.472 e. The van der Waals surface area contributed by atoms with Gasteiger partial charge in [0.25, 0.3) is 16.7 Å². The summed E-state index contributed by atoms with van der Waals surface area (Å²) < 4.78 is 176. The maximum atomic E-state index is 14.2. The number of phosphoric ester groups is 6. The third kappa shape index (κ3) is 14.1. The van der Waals surface area contributed by atoms with Crippen LogP contribution in [0.4, 0.5) is 29.6 Å². The normalized spacial score (nSPS) is 36.1. The molecule has 6 aliphatic heterocycles. The highest BCUT2D eigenvalue weighted by Crippen LogP contribution is 2.60. The number of H-pyrrole nitrogens is 3. The van der Waals surface area contributed by atoms with E-state index in [9.17, 15) is 81.3 Å². The fourth-order valence-corrected chi connectivity index (χ4v) is 17.3. The minimum absolute atomic E-state index is 0.0269. The first-order valence-corrected chi connectivity index (χ1v) is 37.8. The number of imidazole rings is 4. The van der Waals surface area contributed by atoms with Crippen molar-refractivity contribution in [2.24, 2.45) is 0 Å². The van der Waals surface area contributed by atoms with Crippen molar-refractivity contribution in [1.82, 2.24) is 78.1 Å². The lowest BCUT2D eigenvalue weighted by atomic mass is 10.1. The van der Waals surface area contributed by atoms with Crippen molar-refractivity contribution in [3.63, 3.8) is 0 Å². The molecule has 0 bridgehead atoms. The predicted octanol–water partition coefficient (Wildman–Crippen LogP) is -4.51. The Morgan fingerprint density at radius 2 is 0.755 bits per heavy atom. The van der Waals surface area contributed by atoms with Gasteiger partial charge in [0.15, 0.2) is 69.9 Å². The van der Waals surface area contributed by atoms with Crippen LogP contribution < -0.4 is 45.3 Å². The Bertz CT molecular complexity index is 5120. The van der Waals surface area contributed by atoms with Crippen LogP contribution in [0, 0.1) is 0 Å². The monoisotopic (exact) mass is 1570 g/mol. The third-order valence-corrected chi connectivity index (χ3v) is 21.8. The summed E-state index contributed by atoms with van der Waals surface area (Å²) in [5.74, 6) is -2.00. The van der Waals surface area contributed by atoms with Crippen LogP contribution in [0.3, 0.4) is 0 Å². The molecule has 6 saturated heterocycles. The molecule has 6 aliphatic rings. The number of nitrogen functional groups attached to an aromatic ring is 5. The molecule has 60 heteroatoms. The second kappa shape index (κ2) is 26.6. The molecule has 22 atom stereocenters. The van der Waals surface area contributed by atoms with Crippen molar-refractivity contribution in [1.29, 1.82) is 0 Å². The summed E-state index contributed by atoms with van der Waals surface area (Å²) in [6.45, 7) is -7.39. The van der Waals surface area contributed by atoms with Gasteiger partial charge in [-0.3, -0.25) is 102 Å². The Morgan fingerprint density at radius 1 is 0.461 bits per heavy atom. The summed E-state index contributed by atoms with van der Waals surface area (Å²) in [5.41, 5.74) is 23.8. The average Bonchev–Trinajstić information content (AvgIpc) is 1.62. The standard InChI is InChI=1S/C42H53N21O33P6/c43-27-15-28(53-39(44)52-27)60(7-48-15)35-19(64)21-11(87-35)3-83-101(77,78)93-23-13(5-85-99(73,74)91-21)89-37(62-9-50-17-30(62)55-41(46)58-33(17)67)25(23)95-97(69,70)81-1-2-82-98(71,72)96-26-24-14(90-38(26)63-10-51-18-31(63)56-42(47)59-34(18)68)6-86-100(75,76)92-22-12(4-84-102(79,80)94-24)88-36(20(22)65)61-8-49-16-29(61)54-40(45)57-32(16)66/h7-14,19-26,35-38,64-65H,1-6H2,(H,69,70)(H,71,72)(H,73,74)(H,75,76)(H,77,78)(H,79,80)(H4,43,44,52,53)(H3,45,54,57,66)(H3,46,55,58,67)(H3,47,56,59,68)/t11-,12-,13-,14-,19-,20-,21-,22-,23-,24-,25-,26-,35-,36-,37-,38-/m1/s1. The fraction of sp³-hybridized carbons (Fsp3) is 0.524. The molecule has 0 saturated carbocycles. The summed E-state index contributed by atoms with van der Waals surface area (Å²) in [5, 5.41) is 23.0. The van der Waals surface area contributed by atoms with Crippen LogP contribution in [0.25, 0.3) is 44.7 Å². The van der Waals surface area contributed by atoms with Crippen LogP contribution in [0.2, 0.25) is 0 Å². The molecule has 14 rings (SSSR count). The first-order valence-electron chi connectivity index (χ1n) is 28.8. The first-order chi connectivity index (χ1) is 48.0. The van der Waals surface area contributed by atoms with E-state index in [1.54, 1.807) is 0 Å². The van der Waals surface area contributed by atoms with Gasteiger partial charge in [-0.15, -0.1) is 0 Å². The molecule has 554 valence electrons. The van der Waals surface area contributed by atoms with Gasteiger partial charge in [-0.1, -0.05) is 0 Å². The van der Waals surface area contributed by atoms with Gasteiger partial charge in [-0.25, -0.2) is 47.3 Å². The lowest BCUT2D eigenvalue weighted by Crippen LogP contribution is -2.39. The fourth-order valence-electron chi connectivity index (χ4n) is 11.6. The number of aliphatic hydroxyl groups excluding tert-OH is 2. The Balaban J connectivity index is 0.706. The van der Waals surface area contributed by atoms with E-state index in [0.29, 0.717) is 0 Å².